The first-order chi connectivity index (χ1) is 7.69. The van der Waals surface area contributed by atoms with E-state index in [-0.39, 0.29) is 5.95 Å². The second-order valence-corrected chi connectivity index (χ2v) is 4.58. The largest absolute Gasteiger partial charge is 0.368 e. The van der Waals surface area contributed by atoms with Crippen LogP contribution >= 0.6 is 27.7 Å². The van der Waals surface area contributed by atoms with Gasteiger partial charge in [0.15, 0.2) is 11.0 Å². The Bertz CT molecular complexity index is 519. The highest BCUT2D eigenvalue weighted by Crippen LogP contribution is 2.20. The maximum Gasteiger partial charge on any atom is 0.224 e. The summed E-state index contributed by atoms with van der Waals surface area (Å²) in [7, 11) is 0. The smallest absolute Gasteiger partial charge is 0.224 e. The van der Waals surface area contributed by atoms with Crippen molar-refractivity contribution in [3.05, 3.63) is 22.9 Å². The van der Waals surface area contributed by atoms with Crippen LogP contribution in [0.25, 0.3) is 11.4 Å². The van der Waals surface area contributed by atoms with Gasteiger partial charge in [0, 0.05) is 22.4 Å². The topological polar surface area (TPSA) is 77.6 Å². The number of nitrogen functional groups attached to an aromatic ring is 1. The molecule has 2 N–H and O–H groups in total. The third kappa shape index (κ3) is 2.48. The summed E-state index contributed by atoms with van der Waals surface area (Å²) in [5.41, 5.74) is 6.41. The molecule has 2 heterocycles. The predicted molar refractivity (Wildman–Crippen MR) is 67.0 cm³/mol. The number of halogens is 1. The molecule has 5 nitrogen and oxygen atoms in total. The highest BCUT2D eigenvalue weighted by molar-refractivity contribution is 9.10. The maximum absolute atomic E-state index is 5.60. The predicted octanol–water partition coefficient (Wildman–Crippen LogP) is 2.00. The summed E-state index contributed by atoms with van der Waals surface area (Å²) in [6.45, 7) is 0. The molecular weight excluding hydrogens is 290 g/mol. The fraction of sp³-hybridized carbons (Fsp3) is 0.111. The minimum Gasteiger partial charge on any atom is -0.368 e. The van der Waals surface area contributed by atoms with Crippen molar-refractivity contribution >= 4 is 33.6 Å². The molecule has 0 amide bonds. The molecule has 82 valence electrons. The number of nitrogens with zero attached hydrogens (tertiary/aromatic N) is 4. The van der Waals surface area contributed by atoms with E-state index >= 15 is 0 Å². The van der Waals surface area contributed by atoms with Gasteiger partial charge in [0.05, 0.1) is 0 Å². The Morgan fingerprint density at radius 1 is 1.25 bits per heavy atom. The van der Waals surface area contributed by atoms with Gasteiger partial charge in [-0.25, -0.2) is 4.98 Å². The van der Waals surface area contributed by atoms with Gasteiger partial charge in [-0.3, -0.25) is 4.98 Å². The van der Waals surface area contributed by atoms with E-state index in [9.17, 15) is 0 Å². The summed E-state index contributed by atoms with van der Waals surface area (Å²) in [6, 6.07) is 1.88. The third-order valence-corrected chi connectivity index (χ3v) is 2.76. The van der Waals surface area contributed by atoms with Gasteiger partial charge in [0.2, 0.25) is 5.95 Å². The van der Waals surface area contributed by atoms with Gasteiger partial charge in [0.1, 0.15) is 0 Å². The number of aromatic nitrogens is 4. The summed E-state index contributed by atoms with van der Waals surface area (Å²) in [5.74, 6) is 0.750. The molecule has 0 saturated heterocycles. The van der Waals surface area contributed by atoms with Crippen LogP contribution < -0.4 is 5.73 Å². The Morgan fingerprint density at radius 2 is 2.06 bits per heavy atom. The average molecular weight is 298 g/mol. The number of hydrogen-bond donors (Lipinski definition) is 1. The number of thioether (sulfide) groups is 1. The van der Waals surface area contributed by atoms with Crippen molar-refractivity contribution in [2.75, 3.05) is 12.0 Å². The van der Waals surface area contributed by atoms with E-state index in [0.29, 0.717) is 11.0 Å². The molecule has 0 radical (unpaired) electrons. The zero-order chi connectivity index (χ0) is 11.5. The van der Waals surface area contributed by atoms with Gasteiger partial charge in [-0.15, -0.1) is 0 Å². The van der Waals surface area contributed by atoms with Gasteiger partial charge in [-0.05, 0) is 28.3 Å². The molecule has 2 aromatic heterocycles. The SMILES string of the molecule is CSc1nc(N)nc(-c2cncc(Br)c2)n1. The number of rotatable bonds is 2. The second-order valence-electron chi connectivity index (χ2n) is 2.90. The van der Waals surface area contributed by atoms with E-state index in [4.69, 9.17) is 5.73 Å². The zero-order valence-electron chi connectivity index (χ0n) is 8.38. The average Bonchev–Trinajstić information content (AvgIpc) is 2.28. The van der Waals surface area contributed by atoms with E-state index in [2.05, 4.69) is 35.9 Å². The molecule has 0 bridgehead atoms. The first-order valence-electron chi connectivity index (χ1n) is 4.35. The van der Waals surface area contributed by atoms with E-state index < -0.39 is 0 Å². The summed E-state index contributed by atoms with van der Waals surface area (Å²) in [6.07, 6.45) is 5.27. The van der Waals surface area contributed by atoms with Crippen molar-refractivity contribution < 1.29 is 0 Å². The molecule has 0 atom stereocenters. The van der Waals surface area contributed by atoms with Crippen LogP contribution in [0.4, 0.5) is 5.95 Å². The number of anilines is 1. The van der Waals surface area contributed by atoms with Gasteiger partial charge in [-0.2, -0.15) is 9.97 Å². The molecule has 2 rings (SSSR count). The Balaban J connectivity index is 2.51. The lowest BCUT2D eigenvalue weighted by Gasteiger charge is -2.02. The number of hydrogen-bond acceptors (Lipinski definition) is 6. The van der Waals surface area contributed by atoms with Crippen LogP contribution in [0.5, 0.6) is 0 Å². The molecule has 0 aromatic carbocycles. The fourth-order valence-electron chi connectivity index (χ4n) is 1.13. The monoisotopic (exact) mass is 297 g/mol. The minimum atomic E-state index is 0.217. The van der Waals surface area contributed by atoms with Crippen LogP contribution in [0.2, 0.25) is 0 Å². The molecule has 2 aromatic rings. The van der Waals surface area contributed by atoms with Crippen LogP contribution in [0.15, 0.2) is 28.1 Å². The third-order valence-electron chi connectivity index (χ3n) is 1.78. The molecule has 0 aliphatic carbocycles. The van der Waals surface area contributed by atoms with Crippen molar-refractivity contribution in [1.29, 1.82) is 0 Å². The Hall–Kier alpha value is -1.21. The summed E-state index contributed by atoms with van der Waals surface area (Å²) < 4.78 is 0.870. The van der Waals surface area contributed by atoms with E-state index in [0.717, 1.165) is 10.0 Å². The van der Waals surface area contributed by atoms with Crippen LogP contribution in [-0.2, 0) is 0 Å². The Labute approximate surface area is 105 Å². The van der Waals surface area contributed by atoms with E-state index in [1.807, 2.05) is 12.3 Å². The highest BCUT2D eigenvalue weighted by Gasteiger charge is 2.06. The quantitative estimate of drug-likeness (QED) is 0.854. The van der Waals surface area contributed by atoms with Gasteiger partial charge < -0.3 is 5.73 Å². The van der Waals surface area contributed by atoms with Crippen molar-refractivity contribution in [3.63, 3.8) is 0 Å². The molecule has 16 heavy (non-hydrogen) atoms. The lowest BCUT2D eigenvalue weighted by molar-refractivity contribution is 0.926. The van der Waals surface area contributed by atoms with Crippen molar-refractivity contribution in [1.82, 2.24) is 19.9 Å². The molecule has 0 fully saturated rings. The second kappa shape index (κ2) is 4.75. The van der Waals surface area contributed by atoms with Crippen LogP contribution in [-0.4, -0.2) is 26.2 Å². The molecule has 0 unspecified atom stereocenters. The van der Waals surface area contributed by atoms with Crippen molar-refractivity contribution in [3.8, 4) is 11.4 Å². The number of nitrogens with two attached hydrogens (primary N) is 1. The zero-order valence-corrected chi connectivity index (χ0v) is 10.8. The molecule has 0 aliphatic heterocycles. The van der Waals surface area contributed by atoms with E-state index in [1.165, 1.54) is 11.8 Å². The summed E-state index contributed by atoms with van der Waals surface area (Å²) in [5, 5.41) is 0.600. The minimum absolute atomic E-state index is 0.217. The first-order valence-corrected chi connectivity index (χ1v) is 6.37. The van der Waals surface area contributed by atoms with Crippen molar-refractivity contribution in [2.45, 2.75) is 5.16 Å². The fourth-order valence-corrected chi connectivity index (χ4v) is 1.85. The summed E-state index contributed by atoms with van der Waals surface area (Å²) >= 11 is 4.77. The van der Waals surface area contributed by atoms with Crippen molar-refractivity contribution in [2.24, 2.45) is 0 Å². The van der Waals surface area contributed by atoms with Gasteiger partial charge >= 0.3 is 0 Å². The molecule has 0 saturated carbocycles. The standard InChI is InChI=1S/C9H8BrN5S/c1-16-9-14-7(13-8(11)15-9)5-2-6(10)4-12-3-5/h2-4H,1H3,(H2,11,13,14,15). The Kier molecular flexibility index (Phi) is 3.35. The van der Waals surface area contributed by atoms with Crippen LogP contribution in [0.1, 0.15) is 0 Å². The van der Waals surface area contributed by atoms with Crippen LogP contribution in [0, 0.1) is 0 Å². The molecule has 7 heteroatoms. The van der Waals surface area contributed by atoms with E-state index in [1.54, 1.807) is 12.4 Å². The maximum atomic E-state index is 5.60. The van der Waals surface area contributed by atoms with Gasteiger partial charge in [0.25, 0.3) is 0 Å². The first kappa shape index (κ1) is 11.3. The molecule has 0 spiro atoms. The highest BCUT2D eigenvalue weighted by atomic mass is 79.9. The number of pyridine rings is 1. The van der Waals surface area contributed by atoms with Crippen LogP contribution in [0.3, 0.4) is 0 Å². The molecule has 0 aliphatic rings. The molecular formula is C9H8BrN5S. The Morgan fingerprint density at radius 3 is 2.75 bits per heavy atom. The normalized spacial score (nSPS) is 10.4. The summed E-state index contributed by atoms with van der Waals surface area (Å²) in [4.78, 5) is 16.4. The van der Waals surface area contributed by atoms with Gasteiger partial charge in [-0.1, -0.05) is 11.8 Å². The lowest BCUT2D eigenvalue weighted by Crippen LogP contribution is -2.01. The lowest BCUT2D eigenvalue weighted by atomic mass is 10.3.